The second-order valence-corrected chi connectivity index (χ2v) is 4.50. The molecule has 0 unspecified atom stereocenters. The van der Waals surface area contributed by atoms with Crippen molar-refractivity contribution in [2.24, 2.45) is 5.73 Å². The summed E-state index contributed by atoms with van der Waals surface area (Å²) in [5.41, 5.74) is 6.34. The van der Waals surface area contributed by atoms with Crippen LogP contribution < -0.4 is 5.73 Å². The van der Waals surface area contributed by atoms with Crippen molar-refractivity contribution in [3.63, 3.8) is 0 Å². The van der Waals surface area contributed by atoms with Gasteiger partial charge in [0.15, 0.2) is 11.6 Å². The average Bonchev–Trinajstić information content (AvgIpc) is 2.39. The van der Waals surface area contributed by atoms with Gasteiger partial charge in [0.25, 0.3) is 0 Å². The van der Waals surface area contributed by atoms with Gasteiger partial charge >= 0.3 is 0 Å². The minimum atomic E-state index is -0.904. The van der Waals surface area contributed by atoms with Crippen molar-refractivity contribution in [2.45, 2.75) is 39.3 Å². The monoisotopic (exact) mass is 270 g/mol. The summed E-state index contributed by atoms with van der Waals surface area (Å²) in [4.78, 5) is 13.6. The summed E-state index contributed by atoms with van der Waals surface area (Å²) in [7, 11) is 0. The molecular weight excluding hydrogens is 250 g/mol. The van der Waals surface area contributed by atoms with Crippen LogP contribution in [0.15, 0.2) is 18.2 Å². The quantitative estimate of drug-likeness (QED) is 0.863. The second kappa shape index (κ2) is 7.19. The third-order valence-corrected chi connectivity index (χ3v) is 2.97. The highest BCUT2D eigenvalue weighted by molar-refractivity contribution is 5.81. The molecule has 0 bridgehead atoms. The summed E-state index contributed by atoms with van der Waals surface area (Å²) in [6, 6.07) is 3.11. The molecule has 1 aromatic rings. The van der Waals surface area contributed by atoms with Gasteiger partial charge in [0, 0.05) is 13.1 Å². The summed E-state index contributed by atoms with van der Waals surface area (Å²) >= 11 is 0. The van der Waals surface area contributed by atoms with Gasteiger partial charge < -0.3 is 10.6 Å². The molecule has 1 rings (SSSR count). The number of halogens is 2. The van der Waals surface area contributed by atoms with E-state index in [1.54, 1.807) is 4.90 Å². The molecule has 0 fully saturated rings. The smallest absolute Gasteiger partial charge is 0.239 e. The summed E-state index contributed by atoms with van der Waals surface area (Å²) in [6.07, 6.45) is 1.45. The predicted octanol–water partition coefficient (Wildman–Crippen LogP) is 2.44. The van der Waals surface area contributed by atoms with Crippen LogP contribution in [0.25, 0.3) is 0 Å². The largest absolute Gasteiger partial charge is 0.337 e. The normalized spacial score (nSPS) is 12.3. The first-order valence-corrected chi connectivity index (χ1v) is 6.47. The molecule has 2 N–H and O–H groups in total. The number of benzene rings is 1. The summed E-state index contributed by atoms with van der Waals surface area (Å²) in [5.74, 6) is -1.95. The molecule has 0 saturated heterocycles. The van der Waals surface area contributed by atoms with Crippen molar-refractivity contribution in [1.29, 1.82) is 0 Å². The molecule has 106 valence electrons. The van der Waals surface area contributed by atoms with E-state index in [1.807, 2.05) is 13.8 Å². The minimum absolute atomic E-state index is 0.158. The third-order valence-electron chi connectivity index (χ3n) is 2.97. The van der Waals surface area contributed by atoms with E-state index in [0.717, 1.165) is 18.6 Å². The van der Waals surface area contributed by atoms with E-state index < -0.39 is 17.7 Å². The van der Waals surface area contributed by atoms with Gasteiger partial charge in [-0.3, -0.25) is 4.79 Å². The Morgan fingerprint density at radius 3 is 2.53 bits per heavy atom. The van der Waals surface area contributed by atoms with Crippen molar-refractivity contribution in [1.82, 2.24) is 4.90 Å². The zero-order chi connectivity index (χ0) is 14.4. The summed E-state index contributed by atoms with van der Waals surface area (Å²) in [5, 5.41) is 0. The standard InChI is InChI=1S/C14H20F2N2O/c1-3-5-13(17)14(19)18(4-2)9-10-6-7-11(15)12(16)8-10/h6-8,13H,3-5,9,17H2,1-2H3/t13-/m0/s1. The van der Waals surface area contributed by atoms with E-state index in [2.05, 4.69) is 0 Å². The Labute approximate surface area is 112 Å². The van der Waals surface area contributed by atoms with Gasteiger partial charge in [0.1, 0.15) is 0 Å². The van der Waals surface area contributed by atoms with Crippen LogP contribution in [0.2, 0.25) is 0 Å². The highest BCUT2D eigenvalue weighted by Crippen LogP contribution is 2.12. The molecule has 5 heteroatoms. The molecule has 1 atom stereocenters. The average molecular weight is 270 g/mol. The SMILES string of the molecule is CCC[C@H](N)C(=O)N(CC)Cc1ccc(F)c(F)c1. The van der Waals surface area contributed by atoms with Crippen molar-refractivity contribution in [3.8, 4) is 0 Å². The number of carbonyl (C=O) groups excluding carboxylic acids is 1. The molecule has 1 amide bonds. The van der Waals surface area contributed by atoms with Crippen LogP contribution in [-0.4, -0.2) is 23.4 Å². The number of amides is 1. The van der Waals surface area contributed by atoms with E-state index in [0.29, 0.717) is 18.5 Å². The predicted molar refractivity (Wildman–Crippen MR) is 70.3 cm³/mol. The van der Waals surface area contributed by atoms with Crippen LogP contribution in [0.3, 0.4) is 0 Å². The summed E-state index contributed by atoms with van der Waals surface area (Å²) in [6.45, 7) is 4.51. The Hall–Kier alpha value is -1.49. The molecule has 0 aliphatic rings. The number of hydrogen-bond acceptors (Lipinski definition) is 2. The van der Waals surface area contributed by atoms with E-state index >= 15 is 0 Å². The first-order valence-electron chi connectivity index (χ1n) is 6.47. The maximum absolute atomic E-state index is 13.1. The van der Waals surface area contributed by atoms with Crippen LogP contribution >= 0.6 is 0 Å². The lowest BCUT2D eigenvalue weighted by molar-refractivity contribution is -0.133. The Morgan fingerprint density at radius 2 is 2.00 bits per heavy atom. The van der Waals surface area contributed by atoms with Crippen LogP contribution in [0.1, 0.15) is 32.3 Å². The lowest BCUT2D eigenvalue weighted by atomic mass is 10.1. The maximum atomic E-state index is 13.1. The number of likely N-dealkylation sites (N-methyl/N-ethyl adjacent to an activating group) is 1. The molecule has 0 aromatic heterocycles. The van der Waals surface area contributed by atoms with Crippen molar-refractivity contribution >= 4 is 5.91 Å². The Morgan fingerprint density at radius 1 is 1.32 bits per heavy atom. The van der Waals surface area contributed by atoms with Gasteiger partial charge in [-0.05, 0) is 31.0 Å². The molecular formula is C14H20F2N2O. The molecule has 0 aliphatic carbocycles. The first kappa shape index (κ1) is 15.6. The second-order valence-electron chi connectivity index (χ2n) is 4.50. The van der Waals surface area contributed by atoms with Crippen LogP contribution in [0.4, 0.5) is 8.78 Å². The third kappa shape index (κ3) is 4.28. The molecule has 0 aliphatic heterocycles. The fraction of sp³-hybridized carbons (Fsp3) is 0.500. The topological polar surface area (TPSA) is 46.3 Å². The van der Waals surface area contributed by atoms with Gasteiger partial charge in [-0.1, -0.05) is 19.4 Å². The zero-order valence-electron chi connectivity index (χ0n) is 11.3. The van der Waals surface area contributed by atoms with E-state index in [4.69, 9.17) is 5.73 Å². The van der Waals surface area contributed by atoms with Gasteiger partial charge in [0.05, 0.1) is 6.04 Å². The highest BCUT2D eigenvalue weighted by atomic mass is 19.2. The first-order chi connectivity index (χ1) is 8.99. The maximum Gasteiger partial charge on any atom is 0.239 e. The van der Waals surface area contributed by atoms with E-state index in [9.17, 15) is 13.6 Å². The lowest BCUT2D eigenvalue weighted by Crippen LogP contribution is -2.43. The Kier molecular flexibility index (Phi) is 5.89. The number of hydrogen-bond donors (Lipinski definition) is 1. The Balaban J connectivity index is 2.75. The molecule has 3 nitrogen and oxygen atoms in total. The van der Waals surface area contributed by atoms with E-state index in [-0.39, 0.29) is 12.5 Å². The number of nitrogens with two attached hydrogens (primary N) is 1. The molecule has 1 aromatic carbocycles. The van der Waals surface area contributed by atoms with Crippen LogP contribution in [-0.2, 0) is 11.3 Å². The van der Waals surface area contributed by atoms with Gasteiger partial charge in [-0.2, -0.15) is 0 Å². The molecule has 0 saturated carbocycles. The van der Waals surface area contributed by atoms with Gasteiger partial charge in [-0.25, -0.2) is 8.78 Å². The molecule has 0 spiro atoms. The number of rotatable bonds is 6. The van der Waals surface area contributed by atoms with E-state index in [1.165, 1.54) is 6.07 Å². The highest BCUT2D eigenvalue weighted by Gasteiger charge is 2.19. The summed E-state index contributed by atoms with van der Waals surface area (Å²) < 4.78 is 25.9. The van der Waals surface area contributed by atoms with Gasteiger partial charge in [0.2, 0.25) is 5.91 Å². The molecule has 0 heterocycles. The van der Waals surface area contributed by atoms with Crippen molar-refractivity contribution in [2.75, 3.05) is 6.54 Å². The zero-order valence-corrected chi connectivity index (χ0v) is 11.3. The fourth-order valence-electron chi connectivity index (χ4n) is 1.87. The molecule has 19 heavy (non-hydrogen) atoms. The van der Waals surface area contributed by atoms with Crippen molar-refractivity contribution in [3.05, 3.63) is 35.4 Å². The number of nitrogens with zero attached hydrogens (tertiary/aromatic N) is 1. The fourth-order valence-corrected chi connectivity index (χ4v) is 1.87. The van der Waals surface area contributed by atoms with Gasteiger partial charge in [-0.15, -0.1) is 0 Å². The van der Waals surface area contributed by atoms with Crippen LogP contribution in [0, 0.1) is 11.6 Å². The minimum Gasteiger partial charge on any atom is -0.337 e. The van der Waals surface area contributed by atoms with Crippen molar-refractivity contribution < 1.29 is 13.6 Å². The Bertz CT molecular complexity index is 437. The van der Waals surface area contributed by atoms with Crippen LogP contribution in [0.5, 0.6) is 0 Å². The lowest BCUT2D eigenvalue weighted by Gasteiger charge is -2.24. The number of carbonyl (C=O) groups is 1. The molecule has 0 radical (unpaired) electrons.